The molecule has 2 N–H and O–H groups in total. The first-order valence-corrected chi connectivity index (χ1v) is 8.51. The summed E-state index contributed by atoms with van der Waals surface area (Å²) in [5.41, 5.74) is 0.229. The van der Waals surface area contributed by atoms with Crippen LogP contribution in [0.3, 0.4) is 0 Å². The molecule has 128 valence electrons. The number of ether oxygens (including phenoxy) is 3. The number of hydrogen-bond acceptors (Lipinski definition) is 6. The minimum atomic E-state index is -3.78. The third-order valence-electron chi connectivity index (χ3n) is 3.06. The summed E-state index contributed by atoms with van der Waals surface area (Å²) in [6.07, 6.45) is 0. The van der Waals surface area contributed by atoms with E-state index in [0.29, 0.717) is 5.75 Å². The van der Waals surface area contributed by atoms with E-state index >= 15 is 0 Å². The lowest BCUT2D eigenvalue weighted by Crippen LogP contribution is -2.14. The molecule has 24 heavy (non-hydrogen) atoms. The number of esters is 1. The number of rotatable bonds is 7. The fourth-order valence-electron chi connectivity index (χ4n) is 1.83. The summed E-state index contributed by atoms with van der Waals surface area (Å²) in [5, 5.41) is 4.99. The van der Waals surface area contributed by atoms with Crippen molar-refractivity contribution in [1.82, 2.24) is 0 Å². The van der Waals surface area contributed by atoms with Gasteiger partial charge >= 0.3 is 5.97 Å². The zero-order chi connectivity index (χ0) is 17.6. The van der Waals surface area contributed by atoms with Crippen molar-refractivity contribution in [3.63, 3.8) is 0 Å². The number of carbonyl (C=O) groups excluding carboxylic acids is 1. The van der Waals surface area contributed by atoms with Crippen molar-refractivity contribution in [3.05, 3.63) is 54.1 Å². The molecular formula is C16H17NO6S. The molecule has 0 saturated heterocycles. The molecule has 0 aliphatic heterocycles. The largest absolute Gasteiger partial charge is 0.497 e. The number of primary sulfonamides is 1. The highest BCUT2D eigenvalue weighted by Crippen LogP contribution is 2.16. The van der Waals surface area contributed by atoms with Crippen LogP contribution in [0.1, 0.15) is 10.4 Å². The van der Waals surface area contributed by atoms with E-state index in [1.54, 1.807) is 31.4 Å². The topological polar surface area (TPSA) is 105 Å². The molecule has 0 amide bonds. The Morgan fingerprint density at radius 2 is 1.54 bits per heavy atom. The van der Waals surface area contributed by atoms with E-state index in [2.05, 4.69) is 0 Å². The fourth-order valence-corrected chi connectivity index (χ4v) is 2.35. The average molecular weight is 351 g/mol. The molecule has 0 aromatic heterocycles. The smallest absolute Gasteiger partial charge is 0.338 e. The molecule has 2 rings (SSSR count). The highest BCUT2D eigenvalue weighted by atomic mass is 32.2. The Bertz CT molecular complexity index is 784. The molecule has 0 radical (unpaired) electrons. The van der Waals surface area contributed by atoms with Gasteiger partial charge in [0.25, 0.3) is 0 Å². The summed E-state index contributed by atoms with van der Waals surface area (Å²) in [5.74, 6) is 0.773. The monoisotopic (exact) mass is 351 g/mol. The zero-order valence-corrected chi connectivity index (χ0v) is 13.8. The predicted molar refractivity (Wildman–Crippen MR) is 86.6 cm³/mol. The second kappa shape index (κ2) is 7.80. The fraction of sp³-hybridized carbons (Fsp3) is 0.188. The van der Waals surface area contributed by atoms with Crippen molar-refractivity contribution in [2.24, 2.45) is 5.14 Å². The molecule has 0 heterocycles. The van der Waals surface area contributed by atoms with E-state index in [-0.39, 0.29) is 23.7 Å². The number of methoxy groups -OCH3 is 1. The van der Waals surface area contributed by atoms with Crippen molar-refractivity contribution >= 4 is 16.0 Å². The van der Waals surface area contributed by atoms with Gasteiger partial charge in [-0.05, 0) is 48.5 Å². The summed E-state index contributed by atoms with van der Waals surface area (Å²) in [6, 6.07) is 12.2. The third-order valence-corrected chi connectivity index (χ3v) is 3.99. The van der Waals surface area contributed by atoms with E-state index < -0.39 is 16.0 Å². The molecule has 0 fully saturated rings. The van der Waals surface area contributed by atoms with Crippen molar-refractivity contribution in [1.29, 1.82) is 0 Å². The van der Waals surface area contributed by atoms with Gasteiger partial charge in [0.1, 0.15) is 24.7 Å². The Morgan fingerprint density at radius 3 is 2.08 bits per heavy atom. The van der Waals surface area contributed by atoms with Gasteiger partial charge in [-0.2, -0.15) is 0 Å². The van der Waals surface area contributed by atoms with Crippen LogP contribution in [0.2, 0.25) is 0 Å². The maximum atomic E-state index is 11.8. The Morgan fingerprint density at radius 1 is 0.958 bits per heavy atom. The van der Waals surface area contributed by atoms with Gasteiger partial charge in [0, 0.05) is 0 Å². The van der Waals surface area contributed by atoms with Gasteiger partial charge in [-0.25, -0.2) is 18.4 Å². The summed E-state index contributed by atoms with van der Waals surface area (Å²) >= 11 is 0. The van der Waals surface area contributed by atoms with E-state index in [9.17, 15) is 13.2 Å². The van der Waals surface area contributed by atoms with Gasteiger partial charge in [-0.1, -0.05) is 0 Å². The maximum absolute atomic E-state index is 11.8. The number of sulfonamides is 1. The average Bonchev–Trinajstić information content (AvgIpc) is 2.58. The van der Waals surface area contributed by atoms with Gasteiger partial charge in [0.15, 0.2) is 0 Å². The second-order valence-electron chi connectivity index (χ2n) is 4.73. The van der Waals surface area contributed by atoms with Crippen LogP contribution >= 0.6 is 0 Å². The summed E-state index contributed by atoms with van der Waals surface area (Å²) in [6.45, 7) is 0.245. The minimum Gasteiger partial charge on any atom is -0.497 e. The number of nitrogens with two attached hydrogens (primary N) is 1. The minimum absolute atomic E-state index is 0.0573. The van der Waals surface area contributed by atoms with Gasteiger partial charge in [-0.3, -0.25) is 0 Å². The highest BCUT2D eigenvalue weighted by molar-refractivity contribution is 7.89. The van der Waals surface area contributed by atoms with Crippen molar-refractivity contribution < 1.29 is 27.4 Å². The Kier molecular flexibility index (Phi) is 5.78. The molecule has 0 atom stereocenters. The van der Waals surface area contributed by atoms with Gasteiger partial charge in [0.05, 0.1) is 17.6 Å². The van der Waals surface area contributed by atoms with Crippen LogP contribution < -0.4 is 14.6 Å². The van der Waals surface area contributed by atoms with Crippen molar-refractivity contribution in [3.8, 4) is 11.5 Å². The summed E-state index contributed by atoms with van der Waals surface area (Å²) < 4.78 is 37.8. The molecule has 0 spiro atoms. The van der Waals surface area contributed by atoms with E-state index in [1.165, 1.54) is 24.3 Å². The number of hydrogen-bond donors (Lipinski definition) is 1. The summed E-state index contributed by atoms with van der Waals surface area (Å²) in [7, 11) is -2.21. The SMILES string of the molecule is COc1ccc(OCCOC(=O)c2ccc(S(N)(=O)=O)cc2)cc1. The predicted octanol–water partition coefficient (Wildman–Crippen LogP) is 1.58. The Hall–Kier alpha value is -2.58. The Labute approximate surface area is 140 Å². The lowest BCUT2D eigenvalue weighted by Gasteiger charge is -2.08. The standard InChI is InChI=1S/C16H17NO6S/c1-21-13-4-6-14(7-5-13)22-10-11-23-16(18)12-2-8-15(9-3-12)24(17,19)20/h2-9H,10-11H2,1H3,(H2,17,19,20). The second-order valence-corrected chi connectivity index (χ2v) is 6.29. The number of benzene rings is 2. The molecule has 2 aromatic rings. The molecule has 0 saturated carbocycles. The van der Waals surface area contributed by atoms with Crippen LogP contribution in [0.4, 0.5) is 0 Å². The van der Waals surface area contributed by atoms with Crippen molar-refractivity contribution in [2.75, 3.05) is 20.3 Å². The highest BCUT2D eigenvalue weighted by Gasteiger charge is 2.11. The molecule has 7 nitrogen and oxygen atoms in total. The first kappa shape index (κ1) is 17.8. The Balaban J connectivity index is 1.80. The van der Waals surface area contributed by atoms with Crippen LogP contribution in [0.5, 0.6) is 11.5 Å². The van der Waals surface area contributed by atoms with Crippen LogP contribution in [-0.2, 0) is 14.8 Å². The molecule has 2 aromatic carbocycles. The first-order valence-electron chi connectivity index (χ1n) is 6.97. The van der Waals surface area contributed by atoms with Gasteiger partial charge < -0.3 is 14.2 Å². The first-order chi connectivity index (χ1) is 11.4. The third kappa shape index (κ3) is 4.97. The normalized spacial score (nSPS) is 10.9. The van der Waals surface area contributed by atoms with E-state index in [0.717, 1.165) is 5.75 Å². The van der Waals surface area contributed by atoms with E-state index in [1.807, 2.05) is 0 Å². The molecule has 0 aliphatic carbocycles. The zero-order valence-electron chi connectivity index (χ0n) is 13.0. The molecule has 0 unspecified atom stereocenters. The van der Waals surface area contributed by atoms with Crippen LogP contribution in [0, 0.1) is 0 Å². The molecule has 0 aliphatic rings. The van der Waals surface area contributed by atoms with E-state index in [4.69, 9.17) is 19.3 Å². The van der Waals surface area contributed by atoms with Gasteiger partial charge in [-0.15, -0.1) is 0 Å². The molecule has 0 bridgehead atoms. The summed E-state index contributed by atoms with van der Waals surface area (Å²) in [4.78, 5) is 11.8. The van der Waals surface area contributed by atoms with Crippen molar-refractivity contribution in [2.45, 2.75) is 4.90 Å². The van der Waals surface area contributed by atoms with Crippen LogP contribution in [-0.4, -0.2) is 34.7 Å². The van der Waals surface area contributed by atoms with Crippen LogP contribution in [0.25, 0.3) is 0 Å². The molecular weight excluding hydrogens is 334 g/mol. The number of carbonyl (C=O) groups is 1. The lowest BCUT2D eigenvalue weighted by atomic mass is 10.2. The van der Waals surface area contributed by atoms with Gasteiger partial charge in [0.2, 0.25) is 10.0 Å². The quantitative estimate of drug-likeness (QED) is 0.600. The molecule has 8 heteroatoms. The van der Waals surface area contributed by atoms with Crippen LogP contribution in [0.15, 0.2) is 53.4 Å². The maximum Gasteiger partial charge on any atom is 0.338 e. The lowest BCUT2D eigenvalue weighted by molar-refractivity contribution is 0.0450.